The first-order valence-corrected chi connectivity index (χ1v) is 6.57. The lowest BCUT2D eigenvalue weighted by atomic mass is 10.1. The summed E-state index contributed by atoms with van der Waals surface area (Å²) in [5, 5.41) is 5.34. The van der Waals surface area contributed by atoms with Crippen LogP contribution < -0.4 is 0 Å². The summed E-state index contributed by atoms with van der Waals surface area (Å²) in [4.78, 5) is 0. The molecule has 0 amide bonds. The van der Waals surface area contributed by atoms with E-state index in [1.165, 1.54) is 16.8 Å². The SMILES string of the molecule is CCc1cccc(C)c1-n1ccc(CBr)n1. The fourth-order valence-corrected chi connectivity index (χ4v) is 2.19. The van der Waals surface area contributed by atoms with Crippen LogP contribution in [0.4, 0.5) is 0 Å². The van der Waals surface area contributed by atoms with Gasteiger partial charge in [-0.1, -0.05) is 41.1 Å². The number of benzene rings is 1. The minimum absolute atomic E-state index is 0.799. The Labute approximate surface area is 104 Å². The van der Waals surface area contributed by atoms with Gasteiger partial charge >= 0.3 is 0 Å². The molecule has 0 saturated heterocycles. The number of alkyl halides is 1. The molecule has 0 atom stereocenters. The van der Waals surface area contributed by atoms with Crippen molar-refractivity contribution in [2.75, 3.05) is 0 Å². The van der Waals surface area contributed by atoms with Crippen LogP contribution >= 0.6 is 15.9 Å². The molecule has 0 aliphatic heterocycles. The zero-order valence-electron chi connectivity index (χ0n) is 9.57. The summed E-state index contributed by atoms with van der Waals surface area (Å²) in [6, 6.07) is 8.44. The molecule has 0 N–H and O–H groups in total. The average Bonchev–Trinajstić information content (AvgIpc) is 2.76. The number of para-hydroxylation sites is 1. The Morgan fingerprint density at radius 1 is 1.31 bits per heavy atom. The third-order valence-corrected chi connectivity index (χ3v) is 3.29. The Morgan fingerprint density at radius 2 is 2.12 bits per heavy atom. The molecule has 0 aliphatic rings. The second-order valence-corrected chi connectivity index (χ2v) is 4.38. The predicted molar refractivity (Wildman–Crippen MR) is 70.3 cm³/mol. The Bertz CT molecular complexity index is 488. The number of hydrogen-bond acceptors (Lipinski definition) is 1. The van der Waals surface area contributed by atoms with E-state index in [-0.39, 0.29) is 0 Å². The van der Waals surface area contributed by atoms with Gasteiger partial charge in [-0.3, -0.25) is 0 Å². The van der Waals surface area contributed by atoms with Crippen LogP contribution in [-0.2, 0) is 11.8 Å². The van der Waals surface area contributed by atoms with Gasteiger partial charge in [0, 0.05) is 11.5 Å². The van der Waals surface area contributed by atoms with Crippen molar-refractivity contribution in [1.82, 2.24) is 9.78 Å². The molecule has 1 aromatic heterocycles. The summed E-state index contributed by atoms with van der Waals surface area (Å²) < 4.78 is 1.98. The number of aromatic nitrogens is 2. The highest BCUT2D eigenvalue weighted by Crippen LogP contribution is 2.19. The first-order valence-electron chi connectivity index (χ1n) is 5.45. The van der Waals surface area contributed by atoms with Gasteiger partial charge in [-0.15, -0.1) is 0 Å². The molecule has 0 spiro atoms. The van der Waals surface area contributed by atoms with Gasteiger partial charge < -0.3 is 0 Å². The third kappa shape index (κ3) is 2.05. The number of hydrogen-bond donors (Lipinski definition) is 0. The molecule has 1 heterocycles. The van der Waals surface area contributed by atoms with Crippen LogP contribution in [0.15, 0.2) is 30.5 Å². The highest BCUT2D eigenvalue weighted by Gasteiger charge is 2.07. The van der Waals surface area contributed by atoms with Crippen molar-refractivity contribution in [3.8, 4) is 5.69 Å². The van der Waals surface area contributed by atoms with Crippen LogP contribution in [0.1, 0.15) is 23.7 Å². The molecule has 0 fully saturated rings. The Kier molecular flexibility index (Phi) is 3.44. The first-order chi connectivity index (χ1) is 7.76. The van der Waals surface area contributed by atoms with Crippen molar-refractivity contribution in [2.45, 2.75) is 25.6 Å². The van der Waals surface area contributed by atoms with Crippen LogP contribution in [0.3, 0.4) is 0 Å². The molecule has 2 aromatic rings. The lowest BCUT2D eigenvalue weighted by Crippen LogP contribution is -2.02. The summed E-state index contributed by atoms with van der Waals surface area (Å²) in [7, 11) is 0. The van der Waals surface area contributed by atoms with E-state index in [2.05, 4.69) is 53.1 Å². The molecule has 84 valence electrons. The van der Waals surface area contributed by atoms with Gasteiger partial charge in [0.25, 0.3) is 0 Å². The minimum atomic E-state index is 0.799. The summed E-state index contributed by atoms with van der Waals surface area (Å²) in [5.41, 5.74) is 4.88. The summed E-state index contributed by atoms with van der Waals surface area (Å²) in [5.74, 6) is 0. The molecule has 0 radical (unpaired) electrons. The van der Waals surface area contributed by atoms with Crippen LogP contribution in [0, 0.1) is 6.92 Å². The van der Waals surface area contributed by atoms with Gasteiger partial charge in [0.2, 0.25) is 0 Å². The standard InChI is InChI=1S/C13H15BrN2/c1-3-11-6-4-5-10(2)13(11)16-8-7-12(9-14)15-16/h4-8H,3,9H2,1-2H3. The number of halogens is 1. The molecule has 0 bridgehead atoms. The van der Waals surface area contributed by atoms with E-state index in [1.54, 1.807) is 0 Å². The second kappa shape index (κ2) is 4.83. The van der Waals surface area contributed by atoms with Crippen molar-refractivity contribution in [3.05, 3.63) is 47.3 Å². The molecule has 16 heavy (non-hydrogen) atoms. The van der Waals surface area contributed by atoms with Gasteiger partial charge in [-0.2, -0.15) is 5.10 Å². The van der Waals surface area contributed by atoms with Gasteiger partial charge in [-0.05, 0) is 30.5 Å². The van der Waals surface area contributed by atoms with Crippen LogP contribution in [0.2, 0.25) is 0 Å². The molecule has 0 unspecified atom stereocenters. The van der Waals surface area contributed by atoms with Crippen LogP contribution in [0.5, 0.6) is 0 Å². The van der Waals surface area contributed by atoms with Crippen molar-refractivity contribution in [2.24, 2.45) is 0 Å². The van der Waals surface area contributed by atoms with Gasteiger partial charge in [0.05, 0.1) is 11.4 Å². The smallest absolute Gasteiger partial charge is 0.0734 e. The molecule has 0 saturated carbocycles. The van der Waals surface area contributed by atoms with Crippen LogP contribution in [-0.4, -0.2) is 9.78 Å². The minimum Gasteiger partial charge on any atom is -0.240 e. The van der Waals surface area contributed by atoms with Gasteiger partial charge in [0.1, 0.15) is 0 Å². The number of nitrogens with zero attached hydrogens (tertiary/aromatic N) is 2. The summed E-state index contributed by atoms with van der Waals surface area (Å²) >= 11 is 3.42. The van der Waals surface area contributed by atoms with E-state index < -0.39 is 0 Å². The molecular weight excluding hydrogens is 264 g/mol. The lowest BCUT2D eigenvalue weighted by molar-refractivity contribution is 0.838. The maximum absolute atomic E-state index is 4.54. The first kappa shape index (κ1) is 11.4. The molecule has 1 aromatic carbocycles. The molecule has 2 rings (SSSR count). The quantitative estimate of drug-likeness (QED) is 0.784. The summed E-state index contributed by atoms with van der Waals surface area (Å²) in [6.07, 6.45) is 3.05. The zero-order chi connectivity index (χ0) is 11.5. The molecular formula is C13H15BrN2. The third-order valence-electron chi connectivity index (χ3n) is 2.71. The monoisotopic (exact) mass is 278 g/mol. The molecule has 0 aliphatic carbocycles. The Hall–Kier alpha value is -1.09. The zero-order valence-corrected chi connectivity index (χ0v) is 11.2. The second-order valence-electron chi connectivity index (χ2n) is 3.82. The average molecular weight is 279 g/mol. The molecule has 2 nitrogen and oxygen atoms in total. The van der Waals surface area contributed by atoms with Crippen molar-refractivity contribution < 1.29 is 0 Å². The van der Waals surface area contributed by atoms with Crippen molar-refractivity contribution >= 4 is 15.9 Å². The van der Waals surface area contributed by atoms with E-state index in [0.717, 1.165) is 17.4 Å². The number of aryl methyl sites for hydroxylation is 2. The fraction of sp³-hybridized carbons (Fsp3) is 0.308. The van der Waals surface area contributed by atoms with E-state index in [1.807, 2.05) is 16.9 Å². The largest absolute Gasteiger partial charge is 0.240 e. The normalized spacial score (nSPS) is 10.7. The Morgan fingerprint density at radius 3 is 2.75 bits per heavy atom. The van der Waals surface area contributed by atoms with E-state index in [0.29, 0.717) is 0 Å². The van der Waals surface area contributed by atoms with Crippen molar-refractivity contribution in [3.63, 3.8) is 0 Å². The van der Waals surface area contributed by atoms with Gasteiger partial charge in [0.15, 0.2) is 0 Å². The predicted octanol–water partition coefficient (Wildman–Crippen LogP) is 3.64. The topological polar surface area (TPSA) is 17.8 Å². The highest BCUT2D eigenvalue weighted by atomic mass is 79.9. The maximum Gasteiger partial charge on any atom is 0.0734 e. The van der Waals surface area contributed by atoms with Gasteiger partial charge in [-0.25, -0.2) is 4.68 Å². The molecule has 3 heteroatoms. The summed E-state index contributed by atoms with van der Waals surface area (Å²) in [6.45, 7) is 4.30. The number of rotatable bonds is 3. The highest BCUT2D eigenvalue weighted by molar-refractivity contribution is 9.08. The maximum atomic E-state index is 4.54. The van der Waals surface area contributed by atoms with Crippen LogP contribution in [0.25, 0.3) is 5.69 Å². The Balaban J connectivity index is 2.53. The van der Waals surface area contributed by atoms with E-state index in [4.69, 9.17) is 0 Å². The van der Waals surface area contributed by atoms with E-state index >= 15 is 0 Å². The fourth-order valence-electron chi connectivity index (χ4n) is 1.89. The van der Waals surface area contributed by atoms with E-state index in [9.17, 15) is 0 Å². The van der Waals surface area contributed by atoms with Crippen molar-refractivity contribution in [1.29, 1.82) is 0 Å². The lowest BCUT2D eigenvalue weighted by Gasteiger charge is -2.11.